The number of nitro benzene ring substituents is 1. The molecule has 0 saturated heterocycles. The quantitative estimate of drug-likeness (QED) is 0.475. The van der Waals surface area contributed by atoms with E-state index in [1.54, 1.807) is 18.2 Å². The molecular formula is C17H18N2O4. The number of rotatable bonds is 7. The minimum atomic E-state index is -0.484. The van der Waals surface area contributed by atoms with Gasteiger partial charge in [-0.25, -0.2) is 0 Å². The SMILES string of the molecule is CCCCOc1ccccc1C(=O)Nc1ccc([N+](=O)[O-])cc1. The molecule has 120 valence electrons. The number of nitrogens with one attached hydrogen (secondary N) is 1. The number of hydrogen-bond donors (Lipinski definition) is 1. The van der Waals surface area contributed by atoms with Crippen LogP contribution in [0.1, 0.15) is 30.1 Å². The van der Waals surface area contributed by atoms with Gasteiger partial charge in [0.05, 0.1) is 17.1 Å². The van der Waals surface area contributed by atoms with Gasteiger partial charge in [-0.05, 0) is 30.7 Å². The molecule has 6 nitrogen and oxygen atoms in total. The number of para-hydroxylation sites is 1. The van der Waals surface area contributed by atoms with E-state index in [9.17, 15) is 14.9 Å². The highest BCUT2D eigenvalue weighted by atomic mass is 16.6. The van der Waals surface area contributed by atoms with Gasteiger partial charge in [-0.1, -0.05) is 25.5 Å². The summed E-state index contributed by atoms with van der Waals surface area (Å²) >= 11 is 0. The maximum atomic E-state index is 12.4. The summed E-state index contributed by atoms with van der Waals surface area (Å²) in [5, 5.41) is 13.3. The molecule has 2 aromatic carbocycles. The lowest BCUT2D eigenvalue weighted by molar-refractivity contribution is -0.384. The van der Waals surface area contributed by atoms with Crippen LogP contribution in [-0.4, -0.2) is 17.4 Å². The molecule has 1 amide bonds. The number of unbranched alkanes of at least 4 members (excludes halogenated alkanes) is 1. The molecule has 2 aromatic rings. The minimum Gasteiger partial charge on any atom is -0.493 e. The van der Waals surface area contributed by atoms with Gasteiger partial charge in [0.15, 0.2) is 0 Å². The summed E-state index contributed by atoms with van der Waals surface area (Å²) in [5.41, 5.74) is 0.900. The summed E-state index contributed by atoms with van der Waals surface area (Å²) in [6.45, 7) is 2.62. The number of ether oxygens (including phenoxy) is 1. The molecule has 0 aliphatic heterocycles. The van der Waals surface area contributed by atoms with Crippen molar-refractivity contribution in [3.63, 3.8) is 0 Å². The fourth-order valence-electron chi connectivity index (χ4n) is 1.97. The van der Waals surface area contributed by atoms with Crippen LogP contribution in [-0.2, 0) is 0 Å². The molecule has 0 saturated carbocycles. The van der Waals surface area contributed by atoms with Crippen LogP contribution in [0.4, 0.5) is 11.4 Å². The maximum Gasteiger partial charge on any atom is 0.269 e. The molecule has 6 heteroatoms. The van der Waals surface area contributed by atoms with Crippen LogP contribution in [0.25, 0.3) is 0 Å². The van der Waals surface area contributed by atoms with Gasteiger partial charge in [-0.15, -0.1) is 0 Å². The van der Waals surface area contributed by atoms with Crippen LogP contribution < -0.4 is 10.1 Å². The minimum absolute atomic E-state index is 0.0219. The lowest BCUT2D eigenvalue weighted by Crippen LogP contribution is -2.14. The van der Waals surface area contributed by atoms with E-state index in [-0.39, 0.29) is 11.6 Å². The number of nitro groups is 1. The van der Waals surface area contributed by atoms with Gasteiger partial charge in [0.2, 0.25) is 0 Å². The molecular weight excluding hydrogens is 296 g/mol. The second kappa shape index (κ2) is 7.93. The van der Waals surface area contributed by atoms with Gasteiger partial charge >= 0.3 is 0 Å². The van der Waals surface area contributed by atoms with Crippen LogP contribution in [0.2, 0.25) is 0 Å². The zero-order valence-corrected chi connectivity index (χ0v) is 12.8. The Hall–Kier alpha value is -2.89. The zero-order valence-electron chi connectivity index (χ0n) is 12.8. The van der Waals surface area contributed by atoms with E-state index in [1.807, 2.05) is 6.07 Å². The average Bonchev–Trinajstić information content (AvgIpc) is 2.56. The third-order valence-corrected chi connectivity index (χ3v) is 3.22. The first-order valence-corrected chi connectivity index (χ1v) is 7.39. The third-order valence-electron chi connectivity index (χ3n) is 3.22. The molecule has 1 N–H and O–H groups in total. The lowest BCUT2D eigenvalue weighted by Gasteiger charge is -2.11. The fourth-order valence-corrected chi connectivity index (χ4v) is 1.97. The van der Waals surface area contributed by atoms with E-state index < -0.39 is 4.92 Å². The van der Waals surface area contributed by atoms with E-state index in [1.165, 1.54) is 24.3 Å². The van der Waals surface area contributed by atoms with Crippen molar-refractivity contribution < 1.29 is 14.5 Å². The number of amides is 1. The van der Waals surface area contributed by atoms with E-state index >= 15 is 0 Å². The molecule has 0 radical (unpaired) electrons. The first kappa shape index (κ1) is 16.5. The van der Waals surface area contributed by atoms with E-state index in [4.69, 9.17) is 4.74 Å². The van der Waals surface area contributed by atoms with Crippen LogP contribution in [0.5, 0.6) is 5.75 Å². The fraction of sp³-hybridized carbons (Fsp3) is 0.235. The Bertz CT molecular complexity index is 683. The predicted octanol–water partition coefficient (Wildman–Crippen LogP) is 4.03. The van der Waals surface area contributed by atoms with Crippen molar-refractivity contribution in [2.24, 2.45) is 0 Å². The summed E-state index contributed by atoms with van der Waals surface area (Å²) in [4.78, 5) is 22.5. The van der Waals surface area contributed by atoms with Crippen LogP contribution in [0, 0.1) is 10.1 Å². The normalized spacial score (nSPS) is 10.1. The van der Waals surface area contributed by atoms with Gasteiger partial charge in [0, 0.05) is 17.8 Å². The molecule has 0 aliphatic carbocycles. The standard InChI is InChI=1S/C17H18N2O4/c1-2-3-12-23-16-7-5-4-6-15(16)17(20)18-13-8-10-14(11-9-13)19(21)22/h4-11H,2-3,12H2,1H3,(H,18,20). The predicted molar refractivity (Wildman–Crippen MR) is 87.9 cm³/mol. The van der Waals surface area contributed by atoms with Crippen molar-refractivity contribution in [2.45, 2.75) is 19.8 Å². The van der Waals surface area contributed by atoms with Crippen molar-refractivity contribution in [3.05, 3.63) is 64.2 Å². The molecule has 2 rings (SSSR count). The van der Waals surface area contributed by atoms with Gasteiger partial charge in [-0.3, -0.25) is 14.9 Å². The summed E-state index contributed by atoms with van der Waals surface area (Å²) in [5.74, 6) is 0.214. The molecule has 0 aliphatic rings. The molecule has 0 heterocycles. The number of carbonyl (C=O) groups excluding carboxylic acids is 1. The van der Waals surface area contributed by atoms with Crippen LogP contribution in [0.15, 0.2) is 48.5 Å². The smallest absolute Gasteiger partial charge is 0.269 e. The Morgan fingerprint density at radius 1 is 1.17 bits per heavy atom. The second-order valence-electron chi connectivity index (χ2n) is 4.96. The van der Waals surface area contributed by atoms with Crippen molar-refractivity contribution in [1.29, 1.82) is 0 Å². The number of anilines is 1. The van der Waals surface area contributed by atoms with Crippen molar-refractivity contribution in [1.82, 2.24) is 0 Å². The van der Waals surface area contributed by atoms with E-state index in [0.29, 0.717) is 23.6 Å². The summed E-state index contributed by atoms with van der Waals surface area (Å²) in [7, 11) is 0. The highest BCUT2D eigenvalue weighted by Crippen LogP contribution is 2.21. The van der Waals surface area contributed by atoms with Gasteiger partial charge in [0.1, 0.15) is 5.75 Å². The van der Waals surface area contributed by atoms with Crippen molar-refractivity contribution >= 4 is 17.3 Å². The first-order valence-electron chi connectivity index (χ1n) is 7.39. The monoisotopic (exact) mass is 314 g/mol. The summed E-state index contributed by atoms with van der Waals surface area (Å²) in [6.07, 6.45) is 1.93. The largest absolute Gasteiger partial charge is 0.493 e. The third kappa shape index (κ3) is 4.54. The van der Waals surface area contributed by atoms with Crippen molar-refractivity contribution in [3.8, 4) is 5.75 Å². The van der Waals surface area contributed by atoms with E-state index in [2.05, 4.69) is 12.2 Å². The molecule has 0 aromatic heterocycles. The Kier molecular flexibility index (Phi) is 5.68. The molecule has 0 atom stereocenters. The average molecular weight is 314 g/mol. The highest BCUT2D eigenvalue weighted by Gasteiger charge is 2.13. The second-order valence-corrected chi connectivity index (χ2v) is 4.96. The number of non-ortho nitro benzene ring substituents is 1. The number of benzene rings is 2. The number of nitrogens with zero attached hydrogens (tertiary/aromatic N) is 1. The van der Waals surface area contributed by atoms with E-state index in [0.717, 1.165) is 12.8 Å². The van der Waals surface area contributed by atoms with Gasteiger partial charge < -0.3 is 10.1 Å². The Morgan fingerprint density at radius 3 is 2.52 bits per heavy atom. The molecule has 0 fully saturated rings. The topological polar surface area (TPSA) is 81.5 Å². The lowest BCUT2D eigenvalue weighted by atomic mass is 10.1. The zero-order chi connectivity index (χ0) is 16.7. The summed E-state index contributed by atoms with van der Waals surface area (Å²) in [6, 6.07) is 12.7. The number of carbonyl (C=O) groups is 1. The molecule has 23 heavy (non-hydrogen) atoms. The number of hydrogen-bond acceptors (Lipinski definition) is 4. The molecule has 0 bridgehead atoms. The first-order chi connectivity index (χ1) is 11.1. The highest BCUT2D eigenvalue weighted by molar-refractivity contribution is 6.06. The van der Waals surface area contributed by atoms with Crippen LogP contribution >= 0.6 is 0 Å². The molecule has 0 spiro atoms. The Morgan fingerprint density at radius 2 is 1.87 bits per heavy atom. The van der Waals surface area contributed by atoms with Gasteiger partial charge in [-0.2, -0.15) is 0 Å². The molecule has 0 unspecified atom stereocenters. The Labute approximate surface area is 134 Å². The van der Waals surface area contributed by atoms with Gasteiger partial charge in [0.25, 0.3) is 11.6 Å². The maximum absolute atomic E-state index is 12.4. The van der Waals surface area contributed by atoms with Crippen LogP contribution in [0.3, 0.4) is 0 Å². The van der Waals surface area contributed by atoms with Crippen molar-refractivity contribution in [2.75, 3.05) is 11.9 Å². The summed E-state index contributed by atoms with van der Waals surface area (Å²) < 4.78 is 5.64. The Balaban J connectivity index is 2.09.